The molecule has 0 unspecified atom stereocenters. The fourth-order valence-corrected chi connectivity index (χ4v) is 4.07. The molecule has 0 aromatic carbocycles. The molecule has 0 bridgehead atoms. The van der Waals surface area contributed by atoms with Crippen LogP contribution in [0.1, 0.15) is 42.5 Å². The lowest BCUT2D eigenvalue weighted by molar-refractivity contribution is -0.140. The fraction of sp³-hybridized carbons (Fsp3) is 0.667. The highest BCUT2D eigenvalue weighted by Gasteiger charge is 2.37. The molecule has 9 nitrogen and oxygen atoms in total. The van der Waals surface area contributed by atoms with Gasteiger partial charge in [0.15, 0.2) is 0 Å². The molecule has 1 saturated carbocycles. The minimum absolute atomic E-state index is 0.0926. The number of methoxy groups -OCH3 is 1. The van der Waals surface area contributed by atoms with E-state index in [4.69, 9.17) is 10.5 Å². The third-order valence-corrected chi connectivity index (χ3v) is 5.72. The van der Waals surface area contributed by atoms with Crippen molar-refractivity contribution >= 4 is 17.7 Å². The molecule has 0 radical (unpaired) electrons. The first-order valence-electron chi connectivity index (χ1n) is 9.40. The number of nitrogens with two attached hydrogens (primary N) is 1. The van der Waals surface area contributed by atoms with Gasteiger partial charge in [0, 0.05) is 38.2 Å². The van der Waals surface area contributed by atoms with E-state index in [2.05, 4.69) is 15.5 Å². The second-order valence-corrected chi connectivity index (χ2v) is 7.35. The van der Waals surface area contributed by atoms with Crippen LogP contribution in [0.5, 0.6) is 0 Å². The molecule has 3 rings (SSSR count). The van der Waals surface area contributed by atoms with Crippen LogP contribution < -0.4 is 11.1 Å². The van der Waals surface area contributed by atoms with E-state index >= 15 is 0 Å². The summed E-state index contributed by atoms with van der Waals surface area (Å²) in [6.45, 7) is 1.12. The molecule has 27 heavy (non-hydrogen) atoms. The first-order chi connectivity index (χ1) is 13.0. The largest absolute Gasteiger partial charge is 0.379 e. The van der Waals surface area contributed by atoms with Gasteiger partial charge in [-0.05, 0) is 32.1 Å². The second kappa shape index (κ2) is 8.51. The molecule has 1 aromatic heterocycles. The van der Waals surface area contributed by atoms with Crippen molar-refractivity contribution in [1.82, 2.24) is 20.4 Å². The summed E-state index contributed by atoms with van der Waals surface area (Å²) in [5, 5.41) is 9.38. The number of piperidine rings is 1. The van der Waals surface area contributed by atoms with E-state index in [1.165, 1.54) is 12.4 Å². The number of nitrogens with one attached hydrogen (secondary N) is 2. The summed E-state index contributed by atoms with van der Waals surface area (Å²) in [7, 11) is 1.62. The van der Waals surface area contributed by atoms with Gasteiger partial charge < -0.3 is 20.7 Å². The molecular weight excluding hydrogens is 350 g/mol. The van der Waals surface area contributed by atoms with Gasteiger partial charge in [-0.3, -0.25) is 19.5 Å². The molecule has 2 aliphatic rings. The van der Waals surface area contributed by atoms with Gasteiger partial charge in [0.25, 0.3) is 5.91 Å². The van der Waals surface area contributed by atoms with E-state index in [1.807, 2.05) is 4.90 Å². The molecule has 1 saturated heterocycles. The zero-order valence-corrected chi connectivity index (χ0v) is 15.5. The molecule has 2 heterocycles. The average Bonchev–Trinajstić information content (AvgIpc) is 3.22. The normalized spacial score (nSPS) is 26.6. The lowest BCUT2D eigenvalue weighted by Crippen LogP contribution is -2.51. The highest BCUT2D eigenvalue weighted by Crippen LogP contribution is 2.29. The first-order valence-corrected chi connectivity index (χ1v) is 9.40. The molecule has 1 aliphatic heterocycles. The summed E-state index contributed by atoms with van der Waals surface area (Å²) >= 11 is 0. The van der Waals surface area contributed by atoms with Crippen molar-refractivity contribution in [1.29, 1.82) is 0 Å². The third kappa shape index (κ3) is 4.47. The smallest absolute Gasteiger partial charge is 0.254 e. The van der Waals surface area contributed by atoms with Gasteiger partial charge in [-0.1, -0.05) is 0 Å². The lowest BCUT2D eigenvalue weighted by atomic mass is 9.82. The number of aromatic nitrogens is 2. The molecule has 4 N–H and O–H groups in total. The Balaban J connectivity index is 1.59. The molecule has 9 heteroatoms. The third-order valence-electron chi connectivity index (χ3n) is 5.72. The minimum atomic E-state index is -0.287. The van der Waals surface area contributed by atoms with Crippen LogP contribution in [-0.4, -0.2) is 65.2 Å². The number of ether oxygens (including phenoxy) is 1. The molecule has 1 aliphatic carbocycles. The van der Waals surface area contributed by atoms with Crippen molar-refractivity contribution in [2.24, 2.45) is 17.6 Å². The van der Waals surface area contributed by atoms with Gasteiger partial charge in [-0.15, -0.1) is 0 Å². The standard InChI is InChI=1S/C18H27N5O4/c1-27-15-3-2-12(8-14(15)22-17(25)13-9-20-21-10-13)18(26)23-6-4-11(5-7-23)16(19)24/h9-12,14-15H,2-8H2,1H3,(H2,19,24)(H,20,21)(H,22,25)/t12-,14+,15+/m0/s1. The summed E-state index contributed by atoms with van der Waals surface area (Å²) in [6.07, 6.45) is 6.09. The van der Waals surface area contributed by atoms with Crippen LogP contribution in [0.25, 0.3) is 0 Å². The van der Waals surface area contributed by atoms with Gasteiger partial charge in [0.1, 0.15) is 0 Å². The van der Waals surface area contributed by atoms with E-state index in [-0.39, 0.29) is 41.7 Å². The Labute approximate surface area is 158 Å². The Morgan fingerprint density at radius 1 is 1.22 bits per heavy atom. The average molecular weight is 377 g/mol. The second-order valence-electron chi connectivity index (χ2n) is 7.35. The molecule has 1 aromatic rings. The van der Waals surface area contributed by atoms with Crippen LogP contribution in [-0.2, 0) is 14.3 Å². The van der Waals surface area contributed by atoms with E-state index in [0.717, 1.165) is 6.42 Å². The highest BCUT2D eigenvalue weighted by atomic mass is 16.5. The Hall–Kier alpha value is -2.42. The van der Waals surface area contributed by atoms with Gasteiger partial charge in [0.2, 0.25) is 11.8 Å². The van der Waals surface area contributed by atoms with E-state index in [0.29, 0.717) is 44.3 Å². The van der Waals surface area contributed by atoms with E-state index < -0.39 is 0 Å². The number of nitrogens with zero attached hydrogens (tertiary/aromatic N) is 2. The Morgan fingerprint density at radius 3 is 2.56 bits per heavy atom. The lowest BCUT2D eigenvalue weighted by Gasteiger charge is -2.38. The van der Waals surface area contributed by atoms with Crippen molar-refractivity contribution in [3.8, 4) is 0 Å². The molecule has 148 valence electrons. The number of amides is 3. The zero-order chi connectivity index (χ0) is 19.4. The number of hydrogen-bond acceptors (Lipinski definition) is 5. The van der Waals surface area contributed by atoms with Crippen molar-refractivity contribution in [2.75, 3.05) is 20.2 Å². The van der Waals surface area contributed by atoms with Gasteiger partial charge in [-0.25, -0.2) is 0 Å². The molecule has 3 atom stereocenters. The Kier molecular flexibility index (Phi) is 6.10. The monoisotopic (exact) mass is 377 g/mol. The maximum Gasteiger partial charge on any atom is 0.254 e. The van der Waals surface area contributed by atoms with Crippen molar-refractivity contribution in [3.63, 3.8) is 0 Å². The molecular formula is C18H27N5O4. The zero-order valence-electron chi connectivity index (χ0n) is 15.5. The van der Waals surface area contributed by atoms with Crippen LogP contribution in [0.4, 0.5) is 0 Å². The van der Waals surface area contributed by atoms with Crippen LogP contribution in [0.2, 0.25) is 0 Å². The maximum absolute atomic E-state index is 12.9. The quantitative estimate of drug-likeness (QED) is 0.667. The summed E-state index contributed by atoms with van der Waals surface area (Å²) in [5.74, 6) is -0.720. The van der Waals surface area contributed by atoms with Crippen molar-refractivity contribution in [2.45, 2.75) is 44.2 Å². The van der Waals surface area contributed by atoms with Crippen molar-refractivity contribution in [3.05, 3.63) is 18.0 Å². The Morgan fingerprint density at radius 2 is 1.96 bits per heavy atom. The number of hydrogen-bond donors (Lipinski definition) is 3. The molecule has 0 spiro atoms. The van der Waals surface area contributed by atoms with Gasteiger partial charge >= 0.3 is 0 Å². The van der Waals surface area contributed by atoms with Crippen LogP contribution in [0, 0.1) is 11.8 Å². The van der Waals surface area contributed by atoms with E-state index in [9.17, 15) is 14.4 Å². The van der Waals surface area contributed by atoms with Crippen molar-refractivity contribution < 1.29 is 19.1 Å². The number of aromatic amines is 1. The van der Waals surface area contributed by atoms with Crippen LogP contribution in [0.3, 0.4) is 0 Å². The topological polar surface area (TPSA) is 130 Å². The summed E-state index contributed by atoms with van der Waals surface area (Å²) < 4.78 is 5.52. The maximum atomic E-state index is 12.9. The summed E-state index contributed by atoms with van der Waals surface area (Å²) in [5.41, 5.74) is 5.81. The number of carbonyl (C=O) groups is 3. The molecule has 2 fully saturated rings. The van der Waals surface area contributed by atoms with Gasteiger partial charge in [0.05, 0.1) is 23.9 Å². The molecule has 3 amide bonds. The number of H-pyrrole nitrogens is 1. The fourth-order valence-electron chi connectivity index (χ4n) is 4.07. The number of rotatable bonds is 5. The summed E-state index contributed by atoms with van der Waals surface area (Å²) in [6, 6.07) is -0.233. The summed E-state index contributed by atoms with van der Waals surface area (Å²) in [4.78, 5) is 38.4. The SMILES string of the molecule is CO[C@@H]1CC[C@H](C(=O)N2CCC(C(N)=O)CC2)C[C@H]1NC(=O)c1cn[nH]c1. The van der Waals surface area contributed by atoms with Crippen LogP contribution >= 0.6 is 0 Å². The predicted molar refractivity (Wildman–Crippen MR) is 96.5 cm³/mol. The number of likely N-dealkylation sites (tertiary alicyclic amines) is 1. The van der Waals surface area contributed by atoms with Gasteiger partial charge in [-0.2, -0.15) is 5.10 Å². The highest BCUT2D eigenvalue weighted by molar-refractivity contribution is 5.94. The van der Waals surface area contributed by atoms with Crippen LogP contribution in [0.15, 0.2) is 12.4 Å². The first kappa shape index (κ1) is 19.3. The Bertz CT molecular complexity index is 669. The number of carbonyl (C=O) groups excluding carboxylic acids is 3. The minimum Gasteiger partial charge on any atom is -0.379 e. The predicted octanol–water partition coefficient (Wildman–Crippen LogP) is 0.0471. The number of primary amides is 1. The van der Waals surface area contributed by atoms with E-state index in [1.54, 1.807) is 7.11 Å².